The fraction of sp³-hybridized carbons (Fsp3) is 0.150. The number of aliphatic carboxylic acids is 1. The van der Waals surface area contributed by atoms with Crippen molar-refractivity contribution in [1.29, 1.82) is 0 Å². The third-order valence-electron chi connectivity index (χ3n) is 3.94. The molecule has 0 aliphatic heterocycles. The number of carboxylic acids is 1. The van der Waals surface area contributed by atoms with Crippen LogP contribution in [0.4, 0.5) is 5.13 Å². The standard InChI is InChI=1S/C20H18N2O3S/c23-18(11-16(12-19(24)25)14-7-3-1-4-8-14)22-20-21-17(13-26-20)15-9-5-2-6-10-15/h1-10,13,16H,11-12H2,(H,24,25)(H,21,22,23)/p-1/t16-/m0/s1. The molecule has 132 valence electrons. The largest absolute Gasteiger partial charge is 0.550 e. The highest BCUT2D eigenvalue weighted by molar-refractivity contribution is 7.14. The van der Waals surface area contributed by atoms with Crippen LogP contribution < -0.4 is 10.4 Å². The van der Waals surface area contributed by atoms with Gasteiger partial charge < -0.3 is 15.2 Å². The Hall–Kier alpha value is -2.99. The van der Waals surface area contributed by atoms with E-state index in [0.29, 0.717) is 5.13 Å². The van der Waals surface area contributed by atoms with E-state index in [-0.39, 0.29) is 18.7 Å². The summed E-state index contributed by atoms with van der Waals surface area (Å²) in [6, 6.07) is 18.8. The Kier molecular flexibility index (Phi) is 5.76. The quantitative estimate of drug-likeness (QED) is 0.698. The monoisotopic (exact) mass is 365 g/mol. The predicted molar refractivity (Wildman–Crippen MR) is 99.6 cm³/mol. The minimum absolute atomic E-state index is 0.0538. The Balaban J connectivity index is 1.67. The summed E-state index contributed by atoms with van der Waals surface area (Å²) in [5.74, 6) is -1.88. The number of amides is 1. The summed E-state index contributed by atoms with van der Waals surface area (Å²) in [4.78, 5) is 27.8. The van der Waals surface area contributed by atoms with Gasteiger partial charge in [-0.1, -0.05) is 60.7 Å². The summed E-state index contributed by atoms with van der Waals surface area (Å²) in [7, 11) is 0. The summed E-state index contributed by atoms with van der Waals surface area (Å²) in [5.41, 5.74) is 2.57. The molecule has 3 rings (SSSR count). The lowest BCUT2D eigenvalue weighted by Crippen LogP contribution is -2.26. The van der Waals surface area contributed by atoms with Crippen LogP contribution in [-0.4, -0.2) is 16.9 Å². The zero-order chi connectivity index (χ0) is 18.4. The molecule has 26 heavy (non-hydrogen) atoms. The fourth-order valence-corrected chi connectivity index (χ4v) is 3.44. The second-order valence-corrected chi connectivity index (χ2v) is 6.70. The van der Waals surface area contributed by atoms with E-state index in [1.54, 1.807) is 0 Å². The summed E-state index contributed by atoms with van der Waals surface area (Å²) in [5, 5.41) is 16.2. The van der Waals surface area contributed by atoms with Crippen LogP contribution in [0.2, 0.25) is 0 Å². The SMILES string of the molecule is O=C([O-])C[C@H](CC(=O)Nc1nc(-c2ccccc2)cs1)c1ccccc1. The molecule has 6 heteroatoms. The van der Waals surface area contributed by atoms with Crippen molar-refractivity contribution < 1.29 is 14.7 Å². The Bertz CT molecular complexity index is 878. The topological polar surface area (TPSA) is 82.1 Å². The highest BCUT2D eigenvalue weighted by Gasteiger charge is 2.17. The summed E-state index contributed by atoms with van der Waals surface area (Å²) in [6.07, 6.45) is -0.150. The zero-order valence-corrected chi connectivity index (χ0v) is 14.7. The number of rotatable bonds is 7. The van der Waals surface area contributed by atoms with E-state index in [4.69, 9.17) is 0 Å². The van der Waals surface area contributed by atoms with Crippen LogP contribution in [-0.2, 0) is 9.59 Å². The van der Waals surface area contributed by atoms with Gasteiger partial charge in [0.1, 0.15) is 0 Å². The number of carbonyl (C=O) groups excluding carboxylic acids is 2. The van der Waals surface area contributed by atoms with Gasteiger partial charge in [-0.25, -0.2) is 4.98 Å². The van der Waals surface area contributed by atoms with Crippen LogP contribution in [0.1, 0.15) is 24.3 Å². The van der Waals surface area contributed by atoms with Gasteiger partial charge >= 0.3 is 0 Å². The van der Waals surface area contributed by atoms with E-state index in [1.807, 2.05) is 66.0 Å². The van der Waals surface area contributed by atoms with Crippen molar-refractivity contribution in [3.8, 4) is 11.3 Å². The lowest BCUT2D eigenvalue weighted by Gasteiger charge is -2.17. The predicted octanol–water partition coefficient (Wildman–Crippen LogP) is 3.06. The molecule has 0 aliphatic carbocycles. The number of thiazole rings is 1. The maximum Gasteiger partial charge on any atom is 0.226 e. The highest BCUT2D eigenvalue weighted by Crippen LogP contribution is 2.27. The van der Waals surface area contributed by atoms with Crippen molar-refractivity contribution >= 4 is 28.3 Å². The maximum atomic E-state index is 12.4. The number of benzene rings is 2. The average Bonchev–Trinajstić information content (AvgIpc) is 3.10. The first kappa shape index (κ1) is 17.8. The number of aromatic nitrogens is 1. The Morgan fingerprint density at radius 1 is 1.00 bits per heavy atom. The lowest BCUT2D eigenvalue weighted by molar-refractivity contribution is -0.306. The Labute approximate surface area is 155 Å². The fourth-order valence-electron chi connectivity index (χ4n) is 2.70. The summed E-state index contributed by atoms with van der Waals surface area (Å²) < 4.78 is 0. The van der Waals surface area contributed by atoms with E-state index < -0.39 is 11.9 Å². The first-order valence-electron chi connectivity index (χ1n) is 8.17. The molecule has 0 radical (unpaired) electrons. The smallest absolute Gasteiger partial charge is 0.226 e. The van der Waals surface area contributed by atoms with E-state index >= 15 is 0 Å². The summed E-state index contributed by atoms with van der Waals surface area (Å²) >= 11 is 1.34. The van der Waals surface area contributed by atoms with E-state index in [9.17, 15) is 14.7 Å². The number of hydrogen-bond acceptors (Lipinski definition) is 5. The van der Waals surface area contributed by atoms with Gasteiger partial charge in [-0.3, -0.25) is 4.79 Å². The second kappa shape index (κ2) is 8.40. The van der Waals surface area contributed by atoms with Gasteiger partial charge in [-0.05, 0) is 17.9 Å². The lowest BCUT2D eigenvalue weighted by atomic mass is 9.92. The van der Waals surface area contributed by atoms with Crippen molar-refractivity contribution in [2.24, 2.45) is 0 Å². The molecule has 0 spiro atoms. The number of carbonyl (C=O) groups is 2. The van der Waals surface area contributed by atoms with Gasteiger partial charge in [0, 0.05) is 23.3 Å². The molecule has 1 aromatic heterocycles. The molecule has 1 N–H and O–H groups in total. The number of carboxylic acid groups (broad SMARTS) is 1. The van der Waals surface area contributed by atoms with Gasteiger partial charge in [0.25, 0.3) is 0 Å². The van der Waals surface area contributed by atoms with Crippen molar-refractivity contribution in [3.05, 3.63) is 71.6 Å². The van der Waals surface area contributed by atoms with Crippen LogP contribution in [0.15, 0.2) is 66.0 Å². The van der Waals surface area contributed by atoms with Crippen LogP contribution in [0, 0.1) is 0 Å². The van der Waals surface area contributed by atoms with Gasteiger partial charge in [0.05, 0.1) is 5.69 Å². The normalized spacial score (nSPS) is 11.7. The Morgan fingerprint density at radius 3 is 2.31 bits per heavy atom. The van der Waals surface area contributed by atoms with Crippen LogP contribution in [0.3, 0.4) is 0 Å². The van der Waals surface area contributed by atoms with Crippen molar-refractivity contribution in [1.82, 2.24) is 4.98 Å². The molecule has 0 aliphatic rings. The van der Waals surface area contributed by atoms with Crippen LogP contribution >= 0.6 is 11.3 Å². The van der Waals surface area contributed by atoms with Gasteiger partial charge in [0.2, 0.25) is 5.91 Å². The van der Waals surface area contributed by atoms with Gasteiger partial charge in [-0.15, -0.1) is 11.3 Å². The Morgan fingerprint density at radius 2 is 1.65 bits per heavy atom. The second-order valence-electron chi connectivity index (χ2n) is 5.84. The van der Waals surface area contributed by atoms with Crippen molar-refractivity contribution in [2.45, 2.75) is 18.8 Å². The number of nitrogens with zero attached hydrogens (tertiary/aromatic N) is 1. The molecule has 2 aromatic carbocycles. The molecule has 0 bridgehead atoms. The number of nitrogens with one attached hydrogen (secondary N) is 1. The van der Waals surface area contributed by atoms with Crippen LogP contribution in [0.5, 0.6) is 0 Å². The number of hydrogen-bond donors (Lipinski definition) is 1. The molecular weight excluding hydrogens is 348 g/mol. The molecule has 0 fully saturated rings. The van der Waals surface area contributed by atoms with E-state index in [2.05, 4.69) is 10.3 Å². The molecule has 0 unspecified atom stereocenters. The first-order valence-corrected chi connectivity index (χ1v) is 9.05. The van der Waals surface area contributed by atoms with Crippen molar-refractivity contribution in [3.63, 3.8) is 0 Å². The van der Waals surface area contributed by atoms with Gasteiger partial charge in [0.15, 0.2) is 5.13 Å². The molecule has 3 aromatic rings. The third-order valence-corrected chi connectivity index (χ3v) is 4.69. The molecule has 5 nitrogen and oxygen atoms in total. The minimum Gasteiger partial charge on any atom is -0.550 e. The van der Waals surface area contributed by atoms with Gasteiger partial charge in [-0.2, -0.15) is 0 Å². The molecule has 1 atom stereocenters. The van der Waals surface area contributed by atoms with Crippen molar-refractivity contribution in [2.75, 3.05) is 5.32 Å². The molecule has 1 heterocycles. The summed E-state index contributed by atoms with van der Waals surface area (Å²) in [6.45, 7) is 0. The zero-order valence-electron chi connectivity index (χ0n) is 13.9. The average molecular weight is 365 g/mol. The minimum atomic E-state index is -1.17. The maximum absolute atomic E-state index is 12.4. The third kappa shape index (κ3) is 4.77. The molecule has 1 amide bonds. The molecule has 0 saturated heterocycles. The van der Waals surface area contributed by atoms with E-state index in [0.717, 1.165) is 16.8 Å². The van der Waals surface area contributed by atoms with Crippen LogP contribution in [0.25, 0.3) is 11.3 Å². The highest BCUT2D eigenvalue weighted by atomic mass is 32.1. The first-order chi connectivity index (χ1) is 12.6. The van der Waals surface area contributed by atoms with E-state index in [1.165, 1.54) is 11.3 Å². The molecular formula is C20H17N2O3S-. The number of anilines is 1. The molecule has 0 saturated carbocycles.